The van der Waals surface area contributed by atoms with E-state index < -0.39 is 7.32 Å². The van der Waals surface area contributed by atoms with Gasteiger partial charge in [-0.25, -0.2) is 0 Å². The molecule has 0 aromatic carbocycles. The molecule has 0 amide bonds. The van der Waals surface area contributed by atoms with Gasteiger partial charge in [0, 0.05) is 6.04 Å². The van der Waals surface area contributed by atoms with E-state index in [0.717, 1.165) is 0 Å². The molecule has 0 fully saturated rings. The minimum atomic E-state index is -2.17. The van der Waals surface area contributed by atoms with Crippen molar-refractivity contribution in [2.24, 2.45) is 0 Å². The summed E-state index contributed by atoms with van der Waals surface area (Å²) in [5.41, 5.74) is 0. The average molecular weight is 135 g/mol. The van der Waals surface area contributed by atoms with Gasteiger partial charge >= 0.3 is 7.32 Å². The Hall–Kier alpha value is -0.0951. The molecule has 0 aromatic heterocycles. The lowest BCUT2D eigenvalue weighted by molar-refractivity contribution is 0.278. The minimum Gasteiger partial charge on any atom is -0.402 e. The van der Waals surface area contributed by atoms with Gasteiger partial charge in [0.1, 0.15) is 0 Å². The van der Waals surface area contributed by atoms with E-state index in [0.29, 0.717) is 6.04 Å². The Morgan fingerprint density at radius 2 is 1.33 bits per heavy atom. The number of hydrogen-bond acceptors (Lipinski definition) is 4. The number of rotatable bonds is 1. The molecule has 0 spiro atoms. The third kappa shape index (κ3) is 76.0. The van der Waals surface area contributed by atoms with Crippen molar-refractivity contribution >= 4 is 7.32 Å². The summed E-state index contributed by atoms with van der Waals surface area (Å²) in [6, 6.07) is 0.634. The zero-order valence-electron chi connectivity index (χ0n) is 6.00. The maximum atomic E-state index is 7.17. The van der Waals surface area contributed by atoms with Crippen LogP contribution in [0.3, 0.4) is 0 Å². The molecular weight excluding hydrogens is 121 g/mol. The van der Waals surface area contributed by atoms with Crippen LogP contribution in [0.1, 0.15) is 13.8 Å². The van der Waals surface area contributed by atoms with Crippen molar-refractivity contribution in [1.82, 2.24) is 5.32 Å². The molecule has 0 aliphatic rings. The Morgan fingerprint density at radius 3 is 1.33 bits per heavy atom. The Kier molecular flexibility index (Phi) is 10.3. The lowest BCUT2D eigenvalue weighted by Gasteiger charge is -1.95. The van der Waals surface area contributed by atoms with E-state index in [-0.39, 0.29) is 0 Å². The molecule has 4 nitrogen and oxygen atoms in total. The van der Waals surface area contributed by atoms with Crippen LogP contribution < -0.4 is 5.32 Å². The fraction of sp³-hybridized carbons (Fsp3) is 1.00. The van der Waals surface area contributed by atoms with E-state index in [1.54, 1.807) is 0 Å². The average Bonchev–Trinajstić information content (AvgIpc) is 1.65. The highest BCUT2D eigenvalue weighted by molar-refractivity contribution is 6.30. The topological polar surface area (TPSA) is 72.7 Å². The van der Waals surface area contributed by atoms with E-state index >= 15 is 0 Å². The van der Waals surface area contributed by atoms with Gasteiger partial charge in [-0.15, -0.1) is 0 Å². The molecule has 56 valence electrons. The lowest BCUT2D eigenvalue weighted by atomic mass is 10.3. The van der Waals surface area contributed by atoms with E-state index in [9.17, 15) is 0 Å². The van der Waals surface area contributed by atoms with Crippen molar-refractivity contribution in [2.75, 3.05) is 7.05 Å². The first-order valence-electron chi connectivity index (χ1n) is 2.72. The van der Waals surface area contributed by atoms with E-state index in [4.69, 9.17) is 15.1 Å². The molecule has 0 saturated heterocycles. The van der Waals surface area contributed by atoms with Crippen LogP contribution in [0.2, 0.25) is 0 Å². The van der Waals surface area contributed by atoms with Crippen LogP contribution in [-0.4, -0.2) is 35.5 Å². The summed E-state index contributed by atoms with van der Waals surface area (Å²) in [5.74, 6) is 0. The Morgan fingerprint density at radius 1 is 1.22 bits per heavy atom. The van der Waals surface area contributed by atoms with Gasteiger partial charge < -0.3 is 20.4 Å². The molecular formula is C4H14BNO3. The molecule has 0 aliphatic heterocycles. The monoisotopic (exact) mass is 135 g/mol. The Labute approximate surface area is 55.7 Å². The first-order chi connectivity index (χ1) is 4.00. The maximum absolute atomic E-state index is 7.17. The van der Waals surface area contributed by atoms with Crippen molar-refractivity contribution in [3.8, 4) is 0 Å². The van der Waals surface area contributed by atoms with Crippen molar-refractivity contribution in [3.63, 3.8) is 0 Å². The summed E-state index contributed by atoms with van der Waals surface area (Å²) in [6.45, 7) is 4.22. The summed E-state index contributed by atoms with van der Waals surface area (Å²) < 4.78 is 0. The van der Waals surface area contributed by atoms with Gasteiger partial charge in [0.15, 0.2) is 0 Å². The molecule has 0 bridgehead atoms. The molecule has 9 heavy (non-hydrogen) atoms. The van der Waals surface area contributed by atoms with Gasteiger partial charge in [-0.1, -0.05) is 13.8 Å². The quantitative estimate of drug-likeness (QED) is 0.332. The van der Waals surface area contributed by atoms with Crippen molar-refractivity contribution in [1.29, 1.82) is 0 Å². The van der Waals surface area contributed by atoms with Crippen LogP contribution in [0.15, 0.2) is 0 Å². The van der Waals surface area contributed by atoms with E-state index in [1.807, 2.05) is 7.05 Å². The SMILES string of the molecule is CNC(C)C.OB(O)O. The minimum absolute atomic E-state index is 0.634. The van der Waals surface area contributed by atoms with Crippen molar-refractivity contribution in [3.05, 3.63) is 0 Å². The largest absolute Gasteiger partial charge is 0.631 e. The van der Waals surface area contributed by atoms with Crippen LogP contribution in [0, 0.1) is 0 Å². The first kappa shape index (κ1) is 11.7. The van der Waals surface area contributed by atoms with Crippen LogP contribution in [0.5, 0.6) is 0 Å². The first-order valence-corrected chi connectivity index (χ1v) is 2.72. The second kappa shape index (κ2) is 7.90. The highest BCUT2D eigenvalue weighted by atomic mass is 16.5. The van der Waals surface area contributed by atoms with E-state index in [1.165, 1.54) is 0 Å². The van der Waals surface area contributed by atoms with Crippen LogP contribution in [-0.2, 0) is 0 Å². The van der Waals surface area contributed by atoms with Gasteiger partial charge in [0.05, 0.1) is 0 Å². The lowest BCUT2D eigenvalue weighted by Crippen LogP contribution is -2.15. The second-order valence-electron chi connectivity index (χ2n) is 1.79. The Bertz CT molecular complexity index is 48.3. The van der Waals surface area contributed by atoms with Gasteiger partial charge in [-0.05, 0) is 7.05 Å². The molecule has 0 aliphatic carbocycles. The summed E-state index contributed by atoms with van der Waals surface area (Å²) >= 11 is 0. The number of hydrogen-bond donors (Lipinski definition) is 4. The molecule has 5 heteroatoms. The standard InChI is InChI=1S/C4H11N.BH3O3/c1-4(2)5-3;2-1(3)4/h4-5H,1-3H3;2-4H. The van der Waals surface area contributed by atoms with Gasteiger partial charge in [-0.3, -0.25) is 0 Å². The second-order valence-corrected chi connectivity index (χ2v) is 1.79. The predicted molar refractivity (Wildman–Crippen MR) is 36.6 cm³/mol. The third-order valence-electron chi connectivity index (χ3n) is 0.577. The molecule has 0 atom stereocenters. The van der Waals surface area contributed by atoms with Crippen LogP contribution in [0.25, 0.3) is 0 Å². The predicted octanol–water partition coefficient (Wildman–Crippen LogP) is -1.44. The summed E-state index contributed by atoms with van der Waals surface area (Å²) in [4.78, 5) is 0. The van der Waals surface area contributed by atoms with Gasteiger partial charge in [-0.2, -0.15) is 0 Å². The van der Waals surface area contributed by atoms with Gasteiger partial charge in [0.2, 0.25) is 0 Å². The zero-order valence-corrected chi connectivity index (χ0v) is 6.00. The number of nitrogens with one attached hydrogen (secondary N) is 1. The van der Waals surface area contributed by atoms with Crippen molar-refractivity contribution < 1.29 is 15.1 Å². The molecule has 0 aromatic rings. The third-order valence-corrected chi connectivity index (χ3v) is 0.577. The highest BCUT2D eigenvalue weighted by Crippen LogP contribution is 1.66. The molecule has 0 saturated carbocycles. The van der Waals surface area contributed by atoms with Crippen LogP contribution >= 0.6 is 0 Å². The Balaban J connectivity index is 0. The van der Waals surface area contributed by atoms with Crippen molar-refractivity contribution in [2.45, 2.75) is 19.9 Å². The fourth-order valence-electron chi connectivity index (χ4n) is 0. The molecule has 4 N–H and O–H groups in total. The van der Waals surface area contributed by atoms with Gasteiger partial charge in [0.25, 0.3) is 0 Å². The summed E-state index contributed by atoms with van der Waals surface area (Å²) in [5, 5.41) is 24.5. The van der Waals surface area contributed by atoms with Crippen LogP contribution in [0.4, 0.5) is 0 Å². The molecule has 0 unspecified atom stereocenters. The smallest absolute Gasteiger partial charge is 0.402 e. The molecule has 0 rings (SSSR count). The highest BCUT2D eigenvalue weighted by Gasteiger charge is 1.92. The van der Waals surface area contributed by atoms with E-state index in [2.05, 4.69) is 19.2 Å². The molecule has 0 heterocycles. The maximum Gasteiger partial charge on any atom is 0.631 e. The normalized spacial score (nSPS) is 8.33. The fourth-order valence-corrected chi connectivity index (χ4v) is 0. The zero-order chi connectivity index (χ0) is 7.86. The summed E-state index contributed by atoms with van der Waals surface area (Å²) in [6.07, 6.45) is 0. The summed E-state index contributed by atoms with van der Waals surface area (Å²) in [7, 11) is -0.218. The molecule has 0 radical (unpaired) electrons.